The van der Waals surface area contributed by atoms with Crippen LogP contribution in [0.5, 0.6) is 0 Å². The first kappa shape index (κ1) is 14.8. The van der Waals surface area contributed by atoms with Gasteiger partial charge >= 0.3 is 0 Å². The summed E-state index contributed by atoms with van der Waals surface area (Å²) < 4.78 is 27.0. The molecule has 6 heteroatoms. The minimum absolute atomic E-state index is 0.103. The Morgan fingerprint density at radius 1 is 1.35 bits per heavy atom. The maximum atomic E-state index is 11.8. The molecule has 0 bridgehead atoms. The Morgan fingerprint density at radius 3 is 2.71 bits per heavy atom. The lowest BCUT2D eigenvalue weighted by atomic mass is 10.2. The highest BCUT2D eigenvalue weighted by atomic mass is 79.9. The molecule has 0 amide bonds. The van der Waals surface area contributed by atoms with Crippen LogP contribution in [0.1, 0.15) is 18.4 Å². The average molecular weight is 341 g/mol. The molecule has 0 fully saturated rings. The van der Waals surface area contributed by atoms with Crippen molar-refractivity contribution in [2.24, 2.45) is 0 Å². The molecule has 17 heavy (non-hydrogen) atoms. The molecule has 0 radical (unpaired) electrons. The van der Waals surface area contributed by atoms with E-state index in [1.807, 2.05) is 19.1 Å². The molecule has 1 aromatic carbocycles. The van der Waals surface area contributed by atoms with Gasteiger partial charge in [-0.05, 0) is 37.5 Å². The molecule has 0 aliphatic carbocycles. The summed E-state index contributed by atoms with van der Waals surface area (Å²) in [5.74, 6) is 0.594. The van der Waals surface area contributed by atoms with Crippen LogP contribution in [0.3, 0.4) is 0 Å². The van der Waals surface area contributed by atoms with E-state index in [9.17, 15) is 8.42 Å². The predicted octanol–water partition coefficient (Wildman–Crippen LogP) is 3.52. The van der Waals surface area contributed by atoms with Crippen LogP contribution in [-0.4, -0.2) is 20.1 Å². The quantitative estimate of drug-likeness (QED) is 0.636. The molecule has 96 valence electrons. The Kier molecular flexibility index (Phi) is 5.76. The summed E-state index contributed by atoms with van der Waals surface area (Å²) in [5.41, 5.74) is 1.51. The fraction of sp³-hybridized carbons (Fsp3) is 0.455. The molecular formula is C11H15BrClNO2S. The van der Waals surface area contributed by atoms with Crippen LogP contribution in [0.4, 0.5) is 5.69 Å². The Labute approximate surface area is 116 Å². The lowest BCUT2D eigenvalue weighted by Crippen LogP contribution is -2.17. The van der Waals surface area contributed by atoms with Gasteiger partial charge in [0.05, 0.1) is 11.4 Å². The van der Waals surface area contributed by atoms with E-state index in [2.05, 4.69) is 20.7 Å². The molecule has 0 aromatic heterocycles. The van der Waals surface area contributed by atoms with Gasteiger partial charge in [0.1, 0.15) is 0 Å². The summed E-state index contributed by atoms with van der Waals surface area (Å²) in [6.07, 6.45) is 1.28. The van der Waals surface area contributed by atoms with E-state index >= 15 is 0 Å². The van der Waals surface area contributed by atoms with E-state index in [4.69, 9.17) is 11.6 Å². The number of hydrogen-bond donors (Lipinski definition) is 1. The van der Waals surface area contributed by atoms with Crippen LogP contribution < -0.4 is 4.72 Å². The molecule has 0 saturated heterocycles. The maximum Gasteiger partial charge on any atom is 0.232 e. The van der Waals surface area contributed by atoms with Crippen molar-refractivity contribution in [3.8, 4) is 0 Å². The molecule has 1 aromatic rings. The number of nitrogens with one attached hydrogen (secondary N) is 1. The first-order chi connectivity index (χ1) is 7.94. The molecule has 0 saturated carbocycles. The standard InChI is InChI=1S/C11H15BrClNO2S/c1-9-4-5-10(12)8-11(9)14-17(15,16)7-3-2-6-13/h4-5,8,14H,2-3,6-7H2,1H3. The van der Waals surface area contributed by atoms with Crippen LogP contribution in [0, 0.1) is 6.92 Å². The number of halogens is 2. The normalized spacial score (nSPS) is 11.5. The van der Waals surface area contributed by atoms with Gasteiger partial charge in [-0.25, -0.2) is 8.42 Å². The summed E-state index contributed by atoms with van der Waals surface area (Å²) in [4.78, 5) is 0. The van der Waals surface area contributed by atoms with E-state index in [0.29, 0.717) is 24.4 Å². The highest BCUT2D eigenvalue weighted by Crippen LogP contribution is 2.21. The topological polar surface area (TPSA) is 46.2 Å². The summed E-state index contributed by atoms with van der Waals surface area (Å²) >= 11 is 8.83. The van der Waals surface area contributed by atoms with Gasteiger partial charge in [0.15, 0.2) is 0 Å². The second-order valence-electron chi connectivity index (χ2n) is 3.78. The smallest absolute Gasteiger partial charge is 0.232 e. The zero-order valence-corrected chi connectivity index (χ0v) is 12.7. The monoisotopic (exact) mass is 339 g/mol. The van der Waals surface area contributed by atoms with Crippen LogP contribution in [0.25, 0.3) is 0 Å². The van der Waals surface area contributed by atoms with Gasteiger partial charge in [-0.1, -0.05) is 22.0 Å². The number of sulfonamides is 1. The SMILES string of the molecule is Cc1ccc(Br)cc1NS(=O)(=O)CCCCCl. The Morgan fingerprint density at radius 2 is 2.06 bits per heavy atom. The van der Waals surface area contributed by atoms with Gasteiger partial charge < -0.3 is 0 Å². The Bertz CT molecular complexity index is 476. The average Bonchev–Trinajstić information content (AvgIpc) is 2.23. The third kappa shape index (κ3) is 5.27. The minimum Gasteiger partial charge on any atom is -0.283 e. The van der Waals surface area contributed by atoms with Crippen molar-refractivity contribution in [1.82, 2.24) is 0 Å². The Hall–Kier alpha value is -0.260. The summed E-state index contributed by atoms with van der Waals surface area (Å²) in [6, 6.07) is 5.50. The van der Waals surface area contributed by atoms with Crippen LogP contribution in [0.2, 0.25) is 0 Å². The third-order valence-corrected chi connectivity index (χ3v) is 4.38. The van der Waals surface area contributed by atoms with Crippen LogP contribution >= 0.6 is 27.5 Å². The molecular weight excluding hydrogens is 326 g/mol. The van der Waals surface area contributed by atoms with Crippen molar-refractivity contribution in [1.29, 1.82) is 0 Å². The summed E-state index contributed by atoms with van der Waals surface area (Å²) in [7, 11) is -3.28. The van der Waals surface area contributed by atoms with Gasteiger partial charge in [0.25, 0.3) is 0 Å². The predicted molar refractivity (Wildman–Crippen MR) is 76.2 cm³/mol. The number of benzene rings is 1. The first-order valence-corrected chi connectivity index (χ1v) is 8.25. The Balaban J connectivity index is 2.72. The van der Waals surface area contributed by atoms with Crippen molar-refractivity contribution >= 4 is 43.2 Å². The van der Waals surface area contributed by atoms with Crippen molar-refractivity contribution in [2.75, 3.05) is 16.4 Å². The first-order valence-electron chi connectivity index (χ1n) is 5.27. The molecule has 0 spiro atoms. The van der Waals surface area contributed by atoms with Gasteiger partial charge in [0.2, 0.25) is 10.0 Å². The van der Waals surface area contributed by atoms with E-state index in [1.54, 1.807) is 6.07 Å². The fourth-order valence-electron chi connectivity index (χ4n) is 1.31. The van der Waals surface area contributed by atoms with Crippen LogP contribution in [0.15, 0.2) is 22.7 Å². The highest BCUT2D eigenvalue weighted by Gasteiger charge is 2.11. The number of alkyl halides is 1. The van der Waals surface area contributed by atoms with E-state index in [-0.39, 0.29) is 5.75 Å². The van der Waals surface area contributed by atoms with Crippen LogP contribution in [-0.2, 0) is 10.0 Å². The maximum absolute atomic E-state index is 11.8. The van der Waals surface area contributed by atoms with E-state index in [1.165, 1.54) is 0 Å². The number of hydrogen-bond acceptors (Lipinski definition) is 2. The lowest BCUT2D eigenvalue weighted by Gasteiger charge is -2.10. The van der Waals surface area contributed by atoms with Crippen molar-refractivity contribution in [3.63, 3.8) is 0 Å². The molecule has 0 heterocycles. The molecule has 3 nitrogen and oxygen atoms in total. The molecule has 0 aliphatic rings. The van der Waals surface area contributed by atoms with E-state index in [0.717, 1.165) is 10.0 Å². The molecule has 0 atom stereocenters. The number of rotatable bonds is 6. The van der Waals surface area contributed by atoms with Crippen molar-refractivity contribution in [2.45, 2.75) is 19.8 Å². The van der Waals surface area contributed by atoms with Gasteiger partial charge in [-0.3, -0.25) is 4.72 Å². The van der Waals surface area contributed by atoms with Gasteiger partial charge in [0, 0.05) is 10.4 Å². The largest absolute Gasteiger partial charge is 0.283 e. The third-order valence-electron chi connectivity index (χ3n) is 2.26. The van der Waals surface area contributed by atoms with Crippen molar-refractivity contribution < 1.29 is 8.42 Å². The number of aryl methyl sites for hydroxylation is 1. The lowest BCUT2D eigenvalue weighted by molar-refractivity contribution is 0.598. The number of anilines is 1. The van der Waals surface area contributed by atoms with Gasteiger partial charge in [-0.15, -0.1) is 11.6 Å². The molecule has 1 N–H and O–H groups in total. The second kappa shape index (κ2) is 6.61. The van der Waals surface area contributed by atoms with E-state index < -0.39 is 10.0 Å². The summed E-state index contributed by atoms with van der Waals surface area (Å²) in [6.45, 7) is 1.86. The highest BCUT2D eigenvalue weighted by molar-refractivity contribution is 9.10. The zero-order valence-electron chi connectivity index (χ0n) is 9.54. The fourth-order valence-corrected chi connectivity index (χ4v) is 3.10. The second-order valence-corrected chi connectivity index (χ2v) is 6.91. The zero-order chi connectivity index (χ0) is 12.9. The molecule has 1 rings (SSSR count). The molecule has 0 unspecified atom stereocenters. The van der Waals surface area contributed by atoms with Crippen molar-refractivity contribution in [3.05, 3.63) is 28.2 Å². The van der Waals surface area contributed by atoms with Gasteiger partial charge in [-0.2, -0.15) is 0 Å². The molecule has 0 aliphatic heterocycles. The summed E-state index contributed by atoms with van der Waals surface area (Å²) in [5, 5.41) is 0. The minimum atomic E-state index is -3.28. The number of unbranched alkanes of at least 4 members (excludes halogenated alkanes) is 1.